The molecule has 0 unspecified atom stereocenters. The molecule has 2 N–H and O–H groups in total. The van der Waals surface area contributed by atoms with Crippen LogP contribution in [0.5, 0.6) is 0 Å². The number of hydrogen-bond donors (Lipinski definition) is 2. The number of nitrogens with one attached hydrogen (secondary N) is 1. The summed E-state index contributed by atoms with van der Waals surface area (Å²) in [5.41, 5.74) is -1.12. The number of hydrogen-bond acceptors (Lipinski definition) is 5. The number of nitro groups is 1. The molecular formula is C12H10F2N2O4. The minimum atomic E-state index is -1.33. The second-order valence-electron chi connectivity index (χ2n) is 3.89. The van der Waals surface area contributed by atoms with Crippen molar-refractivity contribution in [3.05, 3.63) is 57.5 Å². The van der Waals surface area contributed by atoms with Crippen LogP contribution in [0.3, 0.4) is 0 Å². The van der Waals surface area contributed by atoms with Crippen molar-refractivity contribution in [3.63, 3.8) is 0 Å². The number of furan rings is 1. The lowest BCUT2D eigenvalue weighted by Gasteiger charge is -2.07. The standard InChI is InChI=1S/C12H10F2N2O4/c13-9-3-4-10(16(18)19)12(11(9)14)15-5-7-1-2-8(6-17)20-7/h1-4,15,17H,5-6H2. The van der Waals surface area contributed by atoms with Crippen molar-refractivity contribution in [2.75, 3.05) is 5.32 Å². The van der Waals surface area contributed by atoms with E-state index in [0.29, 0.717) is 17.6 Å². The first-order valence-electron chi connectivity index (χ1n) is 5.57. The molecule has 0 amide bonds. The van der Waals surface area contributed by atoms with Gasteiger partial charge < -0.3 is 14.8 Å². The summed E-state index contributed by atoms with van der Waals surface area (Å²) in [7, 11) is 0. The van der Waals surface area contributed by atoms with Gasteiger partial charge in [-0.2, -0.15) is 0 Å². The van der Waals surface area contributed by atoms with E-state index in [4.69, 9.17) is 9.52 Å². The van der Waals surface area contributed by atoms with E-state index in [0.717, 1.165) is 6.07 Å². The number of nitrogens with zero attached hydrogens (tertiary/aromatic N) is 1. The first-order chi connectivity index (χ1) is 9.52. The Kier molecular flexibility index (Phi) is 3.94. The minimum absolute atomic E-state index is 0.0821. The first kappa shape index (κ1) is 13.9. The largest absolute Gasteiger partial charge is 0.462 e. The van der Waals surface area contributed by atoms with Crippen LogP contribution in [0.15, 0.2) is 28.7 Å². The van der Waals surface area contributed by atoms with Gasteiger partial charge in [-0.25, -0.2) is 8.78 Å². The lowest BCUT2D eigenvalue weighted by molar-refractivity contribution is -0.384. The van der Waals surface area contributed by atoms with Crippen molar-refractivity contribution in [1.82, 2.24) is 0 Å². The average Bonchev–Trinajstić information content (AvgIpc) is 2.88. The second-order valence-corrected chi connectivity index (χ2v) is 3.89. The molecule has 1 aromatic heterocycles. The maximum Gasteiger partial charge on any atom is 0.295 e. The Morgan fingerprint density at radius 1 is 1.25 bits per heavy atom. The van der Waals surface area contributed by atoms with Crippen LogP contribution in [-0.4, -0.2) is 10.0 Å². The van der Waals surface area contributed by atoms with Gasteiger partial charge in [-0.3, -0.25) is 10.1 Å². The Bertz CT molecular complexity index is 642. The topological polar surface area (TPSA) is 88.5 Å². The van der Waals surface area contributed by atoms with Gasteiger partial charge in [0.2, 0.25) is 0 Å². The number of aliphatic hydroxyl groups excluding tert-OH is 1. The molecule has 0 spiro atoms. The van der Waals surface area contributed by atoms with E-state index < -0.39 is 27.9 Å². The Labute approximate surface area is 111 Å². The van der Waals surface area contributed by atoms with Gasteiger partial charge in [-0.15, -0.1) is 0 Å². The molecule has 20 heavy (non-hydrogen) atoms. The summed E-state index contributed by atoms with van der Waals surface area (Å²) in [6, 6.07) is 4.59. The maximum absolute atomic E-state index is 13.6. The van der Waals surface area contributed by atoms with Gasteiger partial charge in [0.1, 0.15) is 18.1 Å². The van der Waals surface area contributed by atoms with Crippen LogP contribution in [0.4, 0.5) is 20.2 Å². The van der Waals surface area contributed by atoms with Crippen LogP contribution in [0, 0.1) is 21.7 Å². The Morgan fingerprint density at radius 3 is 2.55 bits per heavy atom. The third-order valence-corrected chi connectivity index (χ3v) is 2.58. The third kappa shape index (κ3) is 2.75. The van der Waals surface area contributed by atoms with Gasteiger partial charge in [-0.1, -0.05) is 0 Å². The number of halogens is 2. The van der Waals surface area contributed by atoms with Crippen molar-refractivity contribution < 1.29 is 23.2 Å². The maximum atomic E-state index is 13.6. The van der Waals surface area contributed by atoms with Crippen LogP contribution in [-0.2, 0) is 13.2 Å². The fraction of sp³-hybridized carbons (Fsp3) is 0.167. The summed E-state index contributed by atoms with van der Waals surface area (Å²) in [6.07, 6.45) is 0. The number of aliphatic hydroxyl groups is 1. The van der Waals surface area contributed by atoms with Crippen molar-refractivity contribution in [2.24, 2.45) is 0 Å². The zero-order valence-corrected chi connectivity index (χ0v) is 10.1. The highest BCUT2D eigenvalue weighted by Crippen LogP contribution is 2.29. The molecule has 0 aliphatic heterocycles. The third-order valence-electron chi connectivity index (χ3n) is 2.58. The summed E-state index contributed by atoms with van der Waals surface area (Å²) in [6.45, 7) is -0.379. The molecule has 0 aliphatic rings. The van der Waals surface area contributed by atoms with Gasteiger partial charge in [0, 0.05) is 6.07 Å². The monoisotopic (exact) mass is 284 g/mol. The molecule has 2 aromatic rings. The summed E-state index contributed by atoms with van der Waals surface area (Å²) < 4.78 is 31.8. The molecule has 8 heteroatoms. The molecular weight excluding hydrogens is 274 g/mol. The summed E-state index contributed by atoms with van der Waals surface area (Å²) >= 11 is 0. The van der Waals surface area contributed by atoms with E-state index in [1.165, 1.54) is 12.1 Å². The summed E-state index contributed by atoms with van der Waals surface area (Å²) in [5.74, 6) is -1.88. The lowest BCUT2D eigenvalue weighted by atomic mass is 10.2. The van der Waals surface area contributed by atoms with E-state index in [1.54, 1.807) is 0 Å². The van der Waals surface area contributed by atoms with E-state index in [2.05, 4.69) is 5.32 Å². The summed E-state index contributed by atoms with van der Waals surface area (Å²) in [5, 5.41) is 22.0. The molecule has 6 nitrogen and oxygen atoms in total. The Morgan fingerprint density at radius 2 is 1.95 bits per heavy atom. The summed E-state index contributed by atoms with van der Waals surface area (Å²) in [4.78, 5) is 9.95. The van der Waals surface area contributed by atoms with E-state index in [9.17, 15) is 18.9 Å². The molecule has 1 heterocycles. The zero-order valence-electron chi connectivity index (χ0n) is 10.1. The second kappa shape index (κ2) is 5.66. The molecule has 106 valence electrons. The molecule has 0 saturated carbocycles. The smallest absolute Gasteiger partial charge is 0.295 e. The average molecular weight is 284 g/mol. The Hall–Kier alpha value is -2.48. The van der Waals surface area contributed by atoms with E-state index >= 15 is 0 Å². The van der Waals surface area contributed by atoms with Crippen LogP contribution >= 0.6 is 0 Å². The quantitative estimate of drug-likeness (QED) is 0.650. The zero-order chi connectivity index (χ0) is 14.7. The van der Waals surface area contributed by atoms with Crippen LogP contribution in [0.25, 0.3) is 0 Å². The molecule has 0 bridgehead atoms. The van der Waals surface area contributed by atoms with Crippen LogP contribution in [0.2, 0.25) is 0 Å². The molecule has 0 aliphatic carbocycles. The van der Waals surface area contributed by atoms with Crippen molar-refractivity contribution in [1.29, 1.82) is 0 Å². The highest BCUT2D eigenvalue weighted by Gasteiger charge is 2.21. The Balaban J connectivity index is 2.23. The van der Waals surface area contributed by atoms with Gasteiger partial charge in [0.25, 0.3) is 5.69 Å². The number of benzene rings is 1. The molecule has 0 radical (unpaired) electrons. The van der Waals surface area contributed by atoms with E-state index in [1.807, 2.05) is 0 Å². The molecule has 1 aromatic carbocycles. The predicted octanol–water partition coefficient (Wildman–Crippen LogP) is 2.57. The fourth-order valence-electron chi connectivity index (χ4n) is 1.64. The fourth-order valence-corrected chi connectivity index (χ4v) is 1.64. The highest BCUT2D eigenvalue weighted by atomic mass is 19.2. The van der Waals surface area contributed by atoms with Gasteiger partial charge in [-0.05, 0) is 18.2 Å². The molecule has 0 atom stereocenters. The number of rotatable bonds is 5. The highest BCUT2D eigenvalue weighted by molar-refractivity contribution is 5.62. The minimum Gasteiger partial charge on any atom is -0.462 e. The molecule has 0 fully saturated rings. The van der Waals surface area contributed by atoms with Crippen LogP contribution < -0.4 is 5.32 Å². The number of nitro benzene ring substituents is 1. The SMILES string of the molecule is O=[N+]([O-])c1ccc(F)c(F)c1NCc1ccc(CO)o1. The normalized spacial score (nSPS) is 10.6. The van der Waals surface area contributed by atoms with Crippen LogP contribution in [0.1, 0.15) is 11.5 Å². The van der Waals surface area contributed by atoms with Crippen molar-refractivity contribution in [3.8, 4) is 0 Å². The number of anilines is 1. The lowest BCUT2D eigenvalue weighted by Crippen LogP contribution is -2.05. The molecule has 0 saturated heterocycles. The predicted molar refractivity (Wildman–Crippen MR) is 65.0 cm³/mol. The van der Waals surface area contributed by atoms with Crippen molar-refractivity contribution >= 4 is 11.4 Å². The van der Waals surface area contributed by atoms with Gasteiger partial charge >= 0.3 is 0 Å². The molecule has 2 rings (SSSR count). The first-order valence-corrected chi connectivity index (χ1v) is 5.57. The van der Waals surface area contributed by atoms with Crippen molar-refractivity contribution in [2.45, 2.75) is 13.2 Å². The van der Waals surface area contributed by atoms with E-state index in [-0.39, 0.29) is 13.2 Å². The van der Waals surface area contributed by atoms with Gasteiger partial charge in [0.05, 0.1) is 11.5 Å². The van der Waals surface area contributed by atoms with Gasteiger partial charge in [0.15, 0.2) is 17.3 Å².